The Balaban J connectivity index is 1.53. The normalized spacial score (nSPS) is 15.0. The fourth-order valence-electron chi connectivity index (χ4n) is 3.77. The molecule has 156 valence electrons. The maximum absolute atomic E-state index is 13.9. The van der Waals surface area contributed by atoms with Crippen LogP contribution in [-0.4, -0.2) is 51.7 Å². The smallest absolute Gasteiger partial charge is 0.278 e. The molecule has 0 radical (unpaired) electrons. The van der Waals surface area contributed by atoms with E-state index < -0.39 is 17.2 Å². The van der Waals surface area contributed by atoms with Gasteiger partial charge < -0.3 is 4.90 Å². The lowest BCUT2D eigenvalue weighted by Gasteiger charge is -2.34. The number of piperazine rings is 1. The number of aryl methyl sites for hydroxylation is 1. The van der Waals surface area contributed by atoms with Gasteiger partial charge in [-0.3, -0.25) is 19.2 Å². The molecular weight excluding hydrogens is 390 g/mol. The molecule has 6 nitrogen and oxygen atoms in total. The zero-order chi connectivity index (χ0) is 21.3. The van der Waals surface area contributed by atoms with E-state index in [0.29, 0.717) is 50.3 Å². The van der Waals surface area contributed by atoms with Gasteiger partial charge in [0.15, 0.2) is 5.69 Å². The van der Waals surface area contributed by atoms with E-state index in [9.17, 15) is 18.4 Å². The lowest BCUT2D eigenvalue weighted by molar-refractivity contribution is 0.0618. The van der Waals surface area contributed by atoms with Crippen LogP contribution < -0.4 is 5.43 Å². The molecule has 3 aromatic rings. The predicted molar refractivity (Wildman–Crippen MR) is 109 cm³/mol. The molecule has 0 saturated carbocycles. The topological polar surface area (TPSA) is 58.4 Å². The molecule has 0 bridgehead atoms. The minimum atomic E-state index is -0.562. The fraction of sp³-hybridized carbons (Fsp3) is 0.318. The minimum absolute atomic E-state index is 0.147. The van der Waals surface area contributed by atoms with Crippen LogP contribution in [-0.2, 0) is 13.1 Å². The SMILES string of the molecule is CCn1nc(C(=O)N2CCN(Cc3ccccc3F)CC2)c(=O)c2cc(F)ccc21. The molecule has 4 rings (SSSR count). The Kier molecular flexibility index (Phi) is 5.59. The van der Waals surface area contributed by atoms with E-state index in [0.717, 1.165) is 6.07 Å². The Bertz CT molecular complexity index is 1150. The standard InChI is InChI=1S/C22H22F2N4O2/c1-2-28-19-8-7-16(23)13-17(19)21(29)20(25-28)22(30)27-11-9-26(10-12-27)14-15-5-3-4-6-18(15)24/h3-8,13H,2,9-12,14H2,1H3. The van der Waals surface area contributed by atoms with Gasteiger partial charge in [0, 0.05) is 44.8 Å². The second-order valence-electron chi connectivity index (χ2n) is 7.31. The first kappa shape index (κ1) is 20.2. The van der Waals surface area contributed by atoms with Crippen molar-refractivity contribution >= 4 is 16.8 Å². The maximum atomic E-state index is 13.9. The number of amides is 1. The van der Waals surface area contributed by atoms with Gasteiger partial charge in [-0.1, -0.05) is 18.2 Å². The third-order valence-corrected chi connectivity index (χ3v) is 5.43. The number of halogens is 2. The third-order valence-electron chi connectivity index (χ3n) is 5.43. The lowest BCUT2D eigenvalue weighted by Crippen LogP contribution is -2.49. The molecule has 1 amide bonds. The van der Waals surface area contributed by atoms with Crippen LogP contribution >= 0.6 is 0 Å². The molecule has 1 aliphatic rings. The fourth-order valence-corrected chi connectivity index (χ4v) is 3.77. The largest absolute Gasteiger partial charge is 0.335 e. The average molecular weight is 412 g/mol. The first-order valence-corrected chi connectivity index (χ1v) is 9.93. The molecule has 0 spiro atoms. The first-order valence-electron chi connectivity index (χ1n) is 9.93. The maximum Gasteiger partial charge on any atom is 0.278 e. The van der Waals surface area contributed by atoms with E-state index in [4.69, 9.17) is 0 Å². The summed E-state index contributed by atoms with van der Waals surface area (Å²) in [4.78, 5) is 29.5. The van der Waals surface area contributed by atoms with Gasteiger partial charge in [-0.15, -0.1) is 0 Å². The highest BCUT2D eigenvalue weighted by Crippen LogP contribution is 2.15. The lowest BCUT2D eigenvalue weighted by atomic mass is 10.1. The highest BCUT2D eigenvalue weighted by Gasteiger charge is 2.26. The van der Waals surface area contributed by atoms with Crippen molar-refractivity contribution in [2.45, 2.75) is 20.0 Å². The molecule has 0 unspecified atom stereocenters. The van der Waals surface area contributed by atoms with Gasteiger partial charge in [-0.25, -0.2) is 8.78 Å². The van der Waals surface area contributed by atoms with Gasteiger partial charge in [-0.2, -0.15) is 5.10 Å². The van der Waals surface area contributed by atoms with Gasteiger partial charge in [0.1, 0.15) is 11.6 Å². The van der Waals surface area contributed by atoms with Crippen molar-refractivity contribution in [1.82, 2.24) is 19.6 Å². The highest BCUT2D eigenvalue weighted by molar-refractivity contribution is 5.95. The summed E-state index contributed by atoms with van der Waals surface area (Å²) in [6.07, 6.45) is 0. The number of benzene rings is 2. The van der Waals surface area contributed by atoms with Crippen molar-refractivity contribution in [3.63, 3.8) is 0 Å². The van der Waals surface area contributed by atoms with E-state index in [-0.39, 0.29) is 16.9 Å². The highest BCUT2D eigenvalue weighted by atomic mass is 19.1. The van der Waals surface area contributed by atoms with E-state index in [1.54, 1.807) is 23.1 Å². The number of carbonyl (C=O) groups excluding carboxylic acids is 1. The van der Waals surface area contributed by atoms with E-state index >= 15 is 0 Å². The van der Waals surface area contributed by atoms with Crippen LogP contribution in [0, 0.1) is 11.6 Å². The summed E-state index contributed by atoms with van der Waals surface area (Å²) in [5.74, 6) is -1.24. The van der Waals surface area contributed by atoms with Crippen molar-refractivity contribution in [3.05, 3.63) is 75.6 Å². The zero-order valence-electron chi connectivity index (χ0n) is 16.6. The van der Waals surface area contributed by atoms with Gasteiger partial charge in [-0.05, 0) is 31.2 Å². The number of carbonyl (C=O) groups is 1. The molecule has 1 saturated heterocycles. The first-order chi connectivity index (χ1) is 14.5. The summed E-state index contributed by atoms with van der Waals surface area (Å²) in [6, 6.07) is 10.5. The van der Waals surface area contributed by atoms with Gasteiger partial charge in [0.25, 0.3) is 5.91 Å². The Morgan fingerprint density at radius 3 is 2.50 bits per heavy atom. The number of aromatic nitrogens is 2. The molecule has 8 heteroatoms. The predicted octanol–water partition coefficient (Wildman–Crippen LogP) is 2.65. The van der Waals surface area contributed by atoms with E-state index in [2.05, 4.69) is 10.00 Å². The summed E-state index contributed by atoms with van der Waals surface area (Å²) < 4.78 is 29.1. The second kappa shape index (κ2) is 8.31. The number of hydrogen-bond donors (Lipinski definition) is 0. The monoisotopic (exact) mass is 412 g/mol. The Labute approximate surface area is 172 Å². The van der Waals surface area contributed by atoms with Crippen LogP contribution in [0.25, 0.3) is 10.9 Å². The zero-order valence-corrected chi connectivity index (χ0v) is 16.6. The molecule has 30 heavy (non-hydrogen) atoms. The number of nitrogens with zero attached hydrogens (tertiary/aromatic N) is 4. The Hall–Kier alpha value is -3.13. The van der Waals surface area contributed by atoms with Gasteiger partial charge in [0.2, 0.25) is 5.43 Å². The Morgan fingerprint density at radius 1 is 1.07 bits per heavy atom. The minimum Gasteiger partial charge on any atom is -0.335 e. The van der Waals surface area contributed by atoms with Crippen molar-refractivity contribution in [3.8, 4) is 0 Å². The molecule has 0 aliphatic carbocycles. The van der Waals surface area contributed by atoms with Crippen LogP contribution in [0.15, 0.2) is 47.3 Å². The van der Waals surface area contributed by atoms with Crippen LogP contribution in [0.4, 0.5) is 8.78 Å². The molecule has 2 heterocycles. The number of fused-ring (bicyclic) bond motifs is 1. The average Bonchev–Trinajstić information content (AvgIpc) is 2.76. The van der Waals surface area contributed by atoms with Crippen molar-refractivity contribution < 1.29 is 13.6 Å². The summed E-state index contributed by atoms with van der Waals surface area (Å²) in [5.41, 5.74) is 0.349. The van der Waals surface area contributed by atoms with Gasteiger partial charge >= 0.3 is 0 Å². The van der Waals surface area contributed by atoms with Crippen molar-refractivity contribution in [2.24, 2.45) is 0 Å². The molecule has 2 aromatic carbocycles. The summed E-state index contributed by atoms with van der Waals surface area (Å²) >= 11 is 0. The summed E-state index contributed by atoms with van der Waals surface area (Å²) in [6.45, 7) is 4.68. The molecule has 0 atom stereocenters. The third kappa shape index (κ3) is 3.82. The van der Waals surface area contributed by atoms with Crippen molar-refractivity contribution in [1.29, 1.82) is 0 Å². The molecule has 1 aromatic heterocycles. The van der Waals surface area contributed by atoms with E-state index in [1.807, 2.05) is 6.92 Å². The molecular formula is C22H22F2N4O2. The van der Waals surface area contributed by atoms with Crippen LogP contribution in [0.2, 0.25) is 0 Å². The second-order valence-corrected chi connectivity index (χ2v) is 7.31. The summed E-state index contributed by atoms with van der Waals surface area (Å²) in [7, 11) is 0. The molecule has 1 fully saturated rings. The van der Waals surface area contributed by atoms with Crippen molar-refractivity contribution in [2.75, 3.05) is 26.2 Å². The number of hydrogen-bond acceptors (Lipinski definition) is 4. The molecule has 1 aliphatic heterocycles. The van der Waals surface area contributed by atoms with Crippen LogP contribution in [0.1, 0.15) is 23.0 Å². The van der Waals surface area contributed by atoms with Gasteiger partial charge in [0.05, 0.1) is 10.9 Å². The Morgan fingerprint density at radius 2 is 1.80 bits per heavy atom. The molecule has 0 N–H and O–H groups in total. The van der Waals surface area contributed by atoms with Crippen LogP contribution in [0.3, 0.4) is 0 Å². The summed E-state index contributed by atoms with van der Waals surface area (Å²) in [5, 5.41) is 4.40. The number of rotatable bonds is 4. The van der Waals surface area contributed by atoms with Crippen LogP contribution in [0.5, 0.6) is 0 Å². The quantitative estimate of drug-likeness (QED) is 0.661. The van der Waals surface area contributed by atoms with E-state index in [1.165, 1.54) is 22.9 Å².